The zero-order valence-electron chi connectivity index (χ0n) is 11.2. The quantitative estimate of drug-likeness (QED) is 0.819. The Hall–Kier alpha value is -1.71. The molecule has 0 N–H and O–H groups in total. The van der Waals surface area contributed by atoms with E-state index in [2.05, 4.69) is 6.92 Å². The second-order valence-electron chi connectivity index (χ2n) is 5.45. The third kappa shape index (κ3) is 2.67. The Morgan fingerprint density at radius 3 is 3.05 bits per heavy atom. The van der Waals surface area contributed by atoms with Crippen molar-refractivity contribution in [2.75, 3.05) is 19.9 Å². The molecule has 3 rings (SSSR count). The summed E-state index contributed by atoms with van der Waals surface area (Å²) in [6.07, 6.45) is 2.80. The van der Waals surface area contributed by atoms with Crippen LogP contribution in [-0.2, 0) is 11.2 Å². The van der Waals surface area contributed by atoms with Crippen LogP contribution < -0.4 is 9.47 Å². The average Bonchev–Trinajstić information content (AvgIpc) is 2.86. The van der Waals surface area contributed by atoms with Crippen LogP contribution in [0.3, 0.4) is 0 Å². The summed E-state index contributed by atoms with van der Waals surface area (Å²) < 4.78 is 10.6. The zero-order valence-corrected chi connectivity index (χ0v) is 11.2. The number of hydrogen-bond acceptors (Lipinski definition) is 3. The molecule has 1 fully saturated rings. The number of rotatable bonds is 2. The van der Waals surface area contributed by atoms with Crippen LogP contribution in [0.4, 0.5) is 0 Å². The van der Waals surface area contributed by atoms with Crippen molar-refractivity contribution in [3.63, 3.8) is 0 Å². The first-order valence-electron chi connectivity index (χ1n) is 6.88. The van der Waals surface area contributed by atoms with Gasteiger partial charge in [-0.25, -0.2) is 0 Å². The summed E-state index contributed by atoms with van der Waals surface area (Å²) in [7, 11) is 0. The van der Waals surface area contributed by atoms with Crippen LogP contribution in [0.1, 0.15) is 25.3 Å². The molecule has 1 atom stereocenters. The van der Waals surface area contributed by atoms with Crippen molar-refractivity contribution in [1.29, 1.82) is 0 Å². The lowest BCUT2D eigenvalue weighted by molar-refractivity contribution is -0.132. The summed E-state index contributed by atoms with van der Waals surface area (Å²) in [5.74, 6) is 2.35. The summed E-state index contributed by atoms with van der Waals surface area (Å²) in [5.41, 5.74) is 0.993. The van der Waals surface area contributed by atoms with Crippen molar-refractivity contribution < 1.29 is 14.3 Å². The third-order valence-electron chi connectivity index (χ3n) is 3.80. The number of amides is 1. The molecular weight excluding hydrogens is 242 g/mol. The van der Waals surface area contributed by atoms with Crippen molar-refractivity contribution in [3.8, 4) is 11.5 Å². The second-order valence-corrected chi connectivity index (χ2v) is 5.45. The van der Waals surface area contributed by atoms with Gasteiger partial charge in [-0.2, -0.15) is 0 Å². The summed E-state index contributed by atoms with van der Waals surface area (Å²) >= 11 is 0. The molecule has 4 nitrogen and oxygen atoms in total. The molecule has 4 heteroatoms. The fourth-order valence-electron chi connectivity index (χ4n) is 2.75. The predicted molar refractivity (Wildman–Crippen MR) is 71.2 cm³/mol. The van der Waals surface area contributed by atoms with E-state index in [0.717, 1.165) is 36.6 Å². The van der Waals surface area contributed by atoms with E-state index < -0.39 is 0 Å². The molecule has 2 aliphatic rings. The Bertz CT molecular complexity index is 486. The Morgan fingerprint density at radius 1 is 1.37 bits per heavy atom. The van der Waals surface area contributed by atoms with Crippen LogP contribution >= 0.6 is 0 Å². The zero-order chi connectivity index (χ0) is 13.2. The number of piperidine rings is 1. The van der Waals surface area contributed by atoms with E-state index in [1.165, 1.54) is 6.42 Å². The molecule has 0 radical (unpaired) electrons. The molecule has 0 bridgehead atoms. The van der Waals surface area contributed by atoms with Crippen molar-refractivity contribution in [2.24, 2.45) is 5.92 Å². The Balaban J connectivity index is 1.66. The smallest absolute Gasteiger partial charge is 0.231 e. The van der Waals surface area contributed by atoms with Crippen molar-refractivity contribution in [2.45, 2.75) is 26.2 Å². The summed E-state index contributed by atoms with van der Waals surface area (Å²) in [4.78, 5) is 14.3. The lowest BCUT2D eigenvalue weighted by atomic mass is 9.99. The first-order chi connectivity index (χ1) is 9.22. The standard InChI is InChI=1S/C15H19NO3/c1-11-3-2-6-16(9-11)15(17)8-12-4-5-13-14(7-12)19-10-18-13/h4-5,7,11H,2-3,6,8-10H2,1H3. The predicted octanol–water partition coefficient (Wildman–Crippen LogP) is 2.22. The molecule has 19 heavy (non-hydrogen) atoms. The van der Waals surface area contributed by atoms with E-state index in [-0.39, 0.29) is 12.7 Å². The van der Waals surface area contributed by atoms with E-state index >= 15 is 0 Å². The normalized spacial score (nSPS) is 21.5. The van der Waals surface area contributed by atoms with E-state index in [1.807, 2.05) is 23.1 Å². The maximum absolute atomic E-state index is 12.3. The van der Waals surface area contributed by atoms with Crippen LogP contribution in [0, 0.1) is 5.92 Å². The first-order valence-corrected chi connectivity index (χ1v) is 6.88. The minimum Gasteiger partial charge on any atom is -0.454 e. The van der Waals surface area contributed by atoms with Gasteiger partial charge in [0.25, 0.3) is 0 Å². The lowest BCUT2D eigenvalue weighted by Crippen LogP contribution is -2.39. The number of carbonyl (C=O) groups excluding carboxylic acids is 1. The molecule has 1 aromatic carbocycles. The second kappa shape index (κ2) is 5.11. The minimum absolute atomic E-state index is 0.213. The molecule has 0 aliphatic carbocycles. The molecule has 102 valence electrons. The van der Waals surface area contributed by atoms with Gasteiger partial charge in [-0.05, 0) is 36.5 Å². The number of benzene rings is 1. The molecule has 1 saturated heterocycles. The Morgan fingerprint density at radius 2 is 2.21 bits per heavy atom. The highest BCUT2D eigenvalue weighted by molar-refractivity contribution is 5.79. The highest BCUT2D eigenvalue weighted by atomic mass is 16.7. The van der Waals surface area contributed by atoms with Crippen LogP contribution in [0.2, 0.25) is 0 Å². The molecule has 0 saturated carbocycles. The summed E-state index contributed by atoms with van der Waals surface area (Å²) in [5, 5.41) is 0. The molecule has 1 amide bonds. The fraction of sp³-hybridized carbons (Fsp3) is 0.533. The van der Waals surface area contributed by atoms with Gasteiger partial charge in [-0.1, -0.05) is 13.0 Å². The number of carbonyl (C=O) groups is 1. The maximum Gasteiger partial charge on any atom is 0.231 e. The highest BCUT2D eigenvalue weighted by Crippen LogP contribution is 2.32. The van der Waals surface area contributed by atoms with Crippen molar-refractivity contribution >= 4 is 5.91 Å². The van der Waals surface area contributed by atoms with E-state index in [1.54, 1.807) is 0 Å². The van der Waals surface area contributed by atoms with Crippen LogP contribution in [0.15, 0.2) is 18.2 Å². The minimum atomic E-state index is 0.213. The van der Waals surface area contributed by atoms with Gasteiger partial charge in [-0.3, -0.25) is 4.79 Å². The number of nitrogens with zero attached hydrogens (tertiary/aromatic N) is 1. The first kappa shape index (κ1) is 12.3. The molecule has 0 spiro atoms. The summed E-state index contributed by atoms with van der Waals surface area (Å²) in [6.45, 7) is 4.27. The SMILES string of the molecule is CC1CCCN(C(=O)Cc2ccc3c(c2)OCO3)C1. The van der Waals surface area contributed by atoms with Gasteiger partial charge in [0.15, 0.2) is 11.5 Å². The average molecular weight is 261 g/mol. The summed E-state index contributed by atoms with van der Waals surface area (Å²) in [6, 6.07) is 5.73. The molecule has 2 heterocycles. The van der Waals surface area contributed by atoms with Gasteiger partial charge in [0.05, 0.1) is 6.42 Å². The number of likely N-dealkylation sites (tertiary alicyclic amines) is 1. The van der Waals surface area contributed by atoms with Gasteiger partial charge in [0.1, 0.15) is 0 Å². The van der Waals surface area contributed by atoms with E-state index in [0.29, 0.717) is 12.3 Å². The Labute approximate surface area is 113 Å². The largest absolute Gasteiger partial charge is 0.454 e. The van der Waals surface area contributed by atoms with Crippen molar-refractivity contribution in [1.82, 2.24) is 4.90 Å². The van der Waals surface area contributed by atoms with Crippen LogP contribution in [0.5, 0.6) is 11.5 Å². The molecule has 2 aliphatic heterocycles. The van der Waals surface area contributed by atoms with Crippen LogP contribution in [-0.4, -0.2) is 30.7 Å². The molecular formula is C15H19NO3. The van der Waals surface area contributed by atoms with Gasteiger partial charge < -0.3 is 14.4 Å². The highest BCUT2D eigenvalue weighted by Gasteiger charge is 2.21. The maximum atomic E-state index is 12.3. The van der Waals surface area contributed by atoms with E-state index in [4.69, 9.17) is 9.47 Å². The Kier molecular flexibility index (Phi) is 3.32. The molecule has 1 unspecified atom stereocenters. The number of hydrogen-bond donors (Lipinski definition) is 0. The van der Waals surface area contributed by atoms with Gasteiger partial charge in [0, 0.05) is 13.1 Å². The monoisotopic (exact) mass is 261 g/mol. The van der Waals surface area contributed by atoms with Gasteiger partial charge >= 0.3 is 0 Å². The van der Waals surface area contributed by atoms with Gasteiger partial charge in [0.2, 0.25) is 12.7 Å². The molecule has 0 aromatic heterocycles. The third-order valence-corrected chi connectivity index (χ3v) is 3.80. The van der Waals surface area contributed by atoms with E-state index in [9.17, 15) is 4.79 Å². The van der Waals surface area contributed by atoms with Crippen LogP contribution in [0.25, 0.3) is 0 Å². The van der Waals surface area contributed by atoms with Crippen molar-refractivity contribution in [3.05, 3.63) is 23.8 Å². The number of fused-ring (bicyclic) bond motifs is 1. The topological polar surface area (TPSA) is 38.8 Å². The fourth-order valence-corrected chi connectivity index (χ4v) is 2.75. The lowest BCUT2D eigenvalue weighted by Gasteiger charge is -2.31. The molecule has 1 aromatic rings. The van der Waals surface area contributed by atoms with Gasteiger partial charge in [-0.15, -0.1) is 0 Å². The number of ether oxygens (including phenoxy) is 2.